The van der Waals surface area contributed by atoms with Crippen molar-refractivity contribution in [2.24, 2.45) is 0 Å². The number of aromatic nitrogens is 1. The molecule has 0 aliphatic carbocycles. The summed E-state index contributed by atoms with van der Waals surface area (Å²) in [7, 11) is 0. The monoisotopic (exact) mass is 424 g/mol. The molecule has 0 bridgehead atoms. The highest BCUT2D eigenvalue weighted by Crippen LogP contribution is 2.36. The van der Waals surface area contributed by atoms with Gasteiger partial charge in [-0.2, -0.15) is 0 Å². The Labute approximate surface area is 193 Å². The average Bonchev–Trinajstić information content (AvgIpc) is 3.23. The van der Waals surface area contributed by atoms with Crippen LogP contribution in [0.3, 0.4) is 0 Å². The molecule has 1 aliphatic rings. The van der Waals surface area contributed by atoms with E-state index in [2.05, 4.69) is 132 Å². The zero-order valence-corrected chi connectivity index (χ0v) is 18.3. The van der Waals surface area contributed by atoms with Crippen LogP contribution in [0.1, 0.15) is 5.56 Å². The normalized spacial score (nSPS) is 15.3. The van der Waals surface area contributed by atoms with Crippen molar-refractivity contribution in [1.29, 1.82) is 0 Å². The first-order valence-corrected chi connectivity index (χ1v) is 11.3. The summed E-state index contributed by atoms with van der Waals surface area (Å²) in [6.45, 7) is 5.10. The molecule has 2 nitrogen and oxygen atoms in total. The zero-order chi connectivity index (χ0) is 22.2. The fourth-order valence-electron chi connectivity index (χ4n) is 4.73. The quantitative estimate of drug-likeness (QED) is 0.304. The van der Waals surface area contributed by atoms with E-state index < -0.39 is 0 Å². The lowest BCUT2D eigenvalue weighted by atomic mass is 9.96. The summed E-state index contributed by atoms with van der Waals surface area (Å²) in [6.07, 6.45) is 8.30. The molecule has 1 aromatic heterocycles. The van der Waals surface area contributed by atoms with Gasteiger partial charge < -0.3 is 9.88 Å². The molecule has 158 valence electrons. The van der Waals surface area contributed by atoms with Crippen molar-refractivity contribution in [3.63, 3.8) is 0 Å². The number of benzene rings is 4. The lowest BCUT2D eigenvalue weighted by Crippen LogP contribution is -2.01. The van der Waals surface area contributed by atoms with Crippen molar-refractivity contribution >= 4 is 33.1 Å². The second-order valence-corrected chi connectivity index (χ2v) is 8.37. The first-order chi connectivity index (χ1) is 16.3. The maximum atomic E-state index is 4.30. The minimum atomic E-state index is 0.801. The number of fused-ring (bicyclic) bond motifs is 4. The van der Waals surface area contributed by atoms with E-state index in [-0.39, 0.29) is 0 Å². The van der Waals surface area contributed by atoms with Gasteiger partial charge in [0.15, 0.2) is 0 Å². The summed E-state index contributed by atoms with van der Waals surface area (Å²) in [4.78, 5) is 0. The molecule has 2 heteroatoms. The van der Waals surface area contributed by atoms with E-state index >= 15 is 0 Å². The maximum Gasteiger partial charge on any atom is 0.0541 e. The Morgan fingerprint density at radius 2 is 1.45 bits per heavy atom. The molecule has 0 saturated heterocycles. The predicted octanol–water partition coefficient (Wildman–Crippen LogP) is 8.00. The van der Waals surface area contributed by atoms with Crippen LogP contribution in [-0.2, 0) is 0 Å². The van der Waals surface area contributed by atoms with E-state index in [9.17, 15) is 0 Å². The van der Waals surface area contributed by atoms with Gasteiger partial charge in [-0.25, -0.2) is 0 Å². The van der Waals surface area contributed by atoms with Crippen molar-refractivity contribution in [2.75, 3.05) is 11.9 Å². The molecule has 4 aromatic carbocycles. The molecule has 0 radical (unpaired) electrons. The van der Waals surface area contributed by atoms with Gasteiger partial charge in [-0.1, -0.05) is 79.4 Å². The molecule has 6 rings (SSSR count). The van der Waals surface area contributed by atoms with Gasteiger partial charge in [0, 0.05) is 34.3 Å². The van der Waals surface area contributed by atoms with Crippen LogP contribution >= 0.6 is 0 Å². The Bertz CT molecular complexity index is 1570. The molecular formula is C31H24N2. The summed E-state index contributed by atoms with van der Waals surface area (Å²) in [5, 5.41) is 6.02. The lowest BCUT2D eigenvalue weighted by molar-refractivity contribution is 1.18. The number of hydrogen-bond donors (Lipinski definition) is 1. The first-order valence-electron chi connectivity index (χ1n) is 11.3. The van der Waals surface area contributed by atoms with Crippen molar-refractivity contribution in [2.45, 2.75) is 0 Å². The second kappa shape index (κ2) is 7.99. The predicted molar refractivity (Wildman–Crippen MR) is 142 cm³/mol. The number of nitrogens with zero attached hydrogens (tertiary/aromatic N) is 1. The Balaban J connectivity index is 1.54. The number of hydrogen-bond acceptors (Lipinski definition) is 1. The zero-order valence-electron chi connectivity index (χ0n) is 18.3. The van der Waals surface area contributed by atoms with Gasteiger partial charge >= 0.3 is 0 Å². The second-order valence-electron chi connectivity index (χ2n) is 8.37. The molecule has 1 aliphatic heterocycles. The summed E-state index contributed by atoms with van der Waals surface area (Å²) in [5.41, 5.74) is 9.27. The van der Waals surface area contributed by atoms with Gasteiger partial charge in [-0.15, -0.1) is 0 Å². The largest absolute Gasteiger partial charge is 0.381 e. The first kappa shape index (κ1) is 19.4. The third kappa shape index (κ3) is 3.37. The standard InChI is InChI=1S/C31H24N2/c1-22-10-4-3-9-19-32-29-17-15-23(20-27(22)29)24-16-18-31-28(21-24)26-13-7-8-14-30(26)33(31)25-11-5-2-6-12-25/h2-18,20-21,32H,1,19H2/b9-3-,10-4-. The molecular weight excluding hydrogens is 400 g/mol. The molecule has 1 N–H and O–H groups in total. The summed E-state index contributed by atoms with van der Waals surface area (Å²) >= 11 is 0. The molecule has 0 saturated carbocycles. The van der Waals surface area contributed by atoms with Crippen molar-refractivity contribution in [1.82, 2.24) is 4.57 Å². The van der Waals surface area contributed by atoms with Crippen molar-refractivity contribution < 1.29 is 0 Å². The fraction of sp³-hybridized carbons (Fsp3) is 0.0323. The maximum absolute atomic E-state index is 4.30. The van der Waals surface area contributed by atoms with Crippen LogP contribution in [0.15, 0.2) is 122 Å². The smallest absolute Gasteiger partial charge is 0.0541 e. The molecule has 0 atom stereocenters. The van der Waals surface area contributed by atoms with Gasteiger partial charge in [0.2, 0.25) is 0 Å². The number of allylic oxidation sites excluding steroid dienone is 4. The summed E-state index contributed by atoms with van der Waals surface area (Å²) in [6, 6.07) is 32.6. The average molecular weight is 425 g/mol. The van der Waals surface area contributed by atoms with Gasteiger partial charge in [0.25, 0.3) is 0 Å². The van der Waals surface area contributed by atoms with Crippen LogP contribution in [0.5, 0.6) is 0 Å². The lowest BCUT2D eigenvalue weighted by Gasteiger charge is -2.13. The van der Waals surface area contributed by atoms with Crippen LogP contribution < -0.4 is 5.32 Å². The van der Waals surface area contributed by atoms with Gasteiger partial charge in [0.05, 0.1) is 11.0 Å². The third-order valence-corrected chi connectivity index (χ3v) is 6.34. The molecule has 2 heterocycles. The molecule has 33 heavy (non-hydrogen) atoms. The van der Waals surface area contributed by atoms with E-state index in [1.165, 1.54) is 38.6 Å². The fourth-order valence-corrected chi connectivity index (χ4v) is 4.73. The van der Waals surface area contributed by atoms with E-state index in [0.29, 0.717) is 0 Å². The van der Waals surface area contributed by atoms with E-state index in [1.807, 2.05) is 0 Å². The van der Waals surface area contributed by atoms with Crippen molar-refractivity contribution in [3.05, 3.63) is 127 Å². The Morgan fingerprint density at radius 3 is 2.36 bits per heavy atom. The van der Waals surface area contributed by atoms with Gasteiger partial charge in [-0.05, 0) is 59.2 Å². The van der Waals surface area contributed by atoms with Gasteiger partial charge in [0.1, 0.15) is 0 Å². The van der Waals surface area contributed by atoms with E-state index in [0.717, 1.165) is 23.4 Å². The van der Waals surface area contributed by atoms with Crippen LogP contribution in [0.25, 0.3) is 44.2 Å². The highest BCUT2D eigenvalue weighted by molar-refractivity contribution is 6.10. The highest BCUT2D eigenvalue weighted by atomic mass is 15.0. The summed E-state index contributed by atoms with van der Waals surface area (Å²) < 4.78 is 2.35. The highest BCUT2D eigenvalue weighted by Gasteiger charge is 2.14. The topological polar surface area (TPSA) is 17.0 Å². The van der Waals surface area contributed by atoms with Crippen molar-refractivity contribution in [3.8, 4) is 16.8 Å². The SMILES string of the molecule is C=C1/C=C\C=C/CNc2ccc(-c3ccc4c(c3)c3ccccc3n4-c3ccccc3)cc21. The number of nitrogens with one attached hydrogen (secondary N) is 1. The van der Waals surface area contributed by atoms with Crippen LogP contribution in [0.4, 0.5) is 5.69 Å². The third-order valence-electron chi connectivity index (χ3n) is 6.34. The van der Waals surface area contributed by atoms with Crippen LogP contribution in [0, 0.1) is 0 Å². The molecule has 0 spiro atoms. The Hall–Kier alpha value is -4.30. The number of anilines is 1. The minimum Gasteiger partial charge on any atom is -0.381 e. The molecule has 0 unspecified atom stereocenters. The minimum absolute atomic E-state index is 0.801. The van der Waals surface area contributed by atoms with E-state index in [4.69, 9.17) is 0 Å². The van der Waals surface area contributed by atoms with E-state index in [1.54, 1.807) is 0 Å². The Morgan fingerprint density at radius 1 is 0.697 bits per heavy atom. The number of para-hydroxylation sites is 2. The number of rotatable bonds is 2. The molecule has 0 amide bonds. The Kier molecular flexibility index (Phi) is 4.70. The summed E-state index contributed by atoms with van der Waals surface area (Å²) in [5.74, 6) is 0. The molecule has 0 fully saturated rings. The van der Waals surface area contributed by atoms with Crippen LogP contribution in [-0.4, -0.2) is 11.1 Å². The van der Waals surface area contributed by atoms with Gasteiger partial charge in [-0.3, -0.25) is 0 Å². The van der Waals surface area contributed by atoms with Crippen LogP contribution in [0.2, 0.25) is 0 Å². The molecule has 5 aromatic rings.